The minimum absolute atomic E-state index is 0.186. The van der Waals surface area contributed by atoms with Gasteiger partial charge in [0.2, 0.25) is 0 Å². The van der Waals surface area contributed by atoms with E-state index in [1.165, 1.54) is 7.11 Å². The van der Waals surface area contributed by atoms with Crippen LogP contribution in [0.15, 0.2) is 0 Å². The third-order valence-electron chi connectivity index (χ3n) is 2.41. The quantitative estimate of drug-likeness (QED) is 0.656. The molecule has 0 aromatic carbocycles. The van der Waals surface area contributed by atoms with Crippen molar-refractivity contribution >= 4 is 11.9 Å². The first-order chi connectivity index (χ1) is 7.27. The van der Waals surface area contributed by atoms with E-state index in [0.717, 1.165) is 0 Å². The highest BCUT2D eigenvalue weighted by atomic mass is 16.6. The predicted octanol–water partition coefficient (Wildman–Crippen LogP) is 1.03. The maximum atomic E-state index is 11.8. The molecule has 0 amide bonds. The van der Waals surface area contributed by atoms with Gasteiger partial charge in [-0.3, -0.25) is 9.59 Å². The first-order valence-corrected chi connectivity index (χ1v) is 4.99. The van der Waals surface area contributed by atoms with Crippen LogP contribution in [0.25, 0.3) is 0 Å². The molecule has 1 fully saturated rings. The third-order valence-corrected chi connectivity index (χ3v) is 2.41. The molecule has 0 heterocycles. The molecule has 88 valence electrons. The van der Waals surface area contributed by atoms with Crippen LogP contribution >= 0.6 is 0 Å². The van der Waals surface area contributed by atoms with Gasteiger partial charge < -0.3 is 9.47 Å². The van der Waals surface area contributed by atoms with Gasteiger partial charge in [-0.05, 0) is 27.2 Å². The van der Waals surface area contributed by atoms with Crippen LogP contribution in [0.4, 0.5) is 0 Å². The summed E-state index contributed by atoms with van der Waals surface area (Å²) in [4.78, 5) is 23.0. The van der Waals surface area contributed by atoms with Crippen molar-refractivity contribution in [1.82, 2.24) is 0 Å². The van der Waals surface area contributed by atoms with E-state index in [0.29, 0.717) is 0 Å². The Labute approximate surface area is 94.3 Å². The average Bonchev–Trinajstić information content (AvgIpc) is 2.90. The van der Waals surface area contributed by atoms with E-state index in [2.05, 4.69) is 4.74 Å². The molecule has 1 saturated carbocycles. The largest absolute Gasteiger partial charge is 0.469 e. The van der Waals surface area contributed by atoms with E-state index in [1.807, 2.05) is 6.07 Å². The van der Waals surface area contributed by atoms with E-state index < -0.39 is 28.9 Å². The summed E-state index contributed by atoms with van der Waals surface area (Å²) in [6, 6.07) is 1.86. The van der Waals surface area contributed by atoms with Crippen LogP contribution < -0.4 is 0 Å². The second-order valence-electron chi connectivity index (χ2n) is 4.86. The van der Waals surface area contributed by atoms with Gasteiger partial charge in [0, 0.05) is 0 Å². The Morgan fingerprint density at radius 2 is 2.00 bits per heavy atom. The molecule has 16 heavy (non-hydrogen) atoms. The van der Waals surface area contributed by atoms with Crippen LogP contribution in [0.3, 0.4) is 0 Å². The van der Waals surface area contributed by atoms with Gasteiger partial charge in [0.1, 0.15) is 5.60 Å². The minimum atomic E-state index is -1.33. The van der Waals surface area contributed by atoms with Gasteiger partial charge in [0.05, 0.1) is 19.1 Å². The van der Waals surface area contributed by atoms with Crippen molar-refractivity contribution in [1.29, 1.82) is 5.26 Å². The molecule has 0 spiro atoms. The van der Waals surface area contributed by atoms with Gasteiger partial charge in [0.15, 0.2) is 5.41 Å². The number of carbonyl (C=O) groups excluding carboxylic acids is 2. The highest BCUT2D eigenvalue weighted by Crippen LogP contribution is 2.54. The van der Waals surface area contributed by atoms with E-state index in [-0.39, 0.29) is 6.42 Å². The molecule has 1 aliphatic carbocycles. The molecule has 2 atom stereocenters. The fourth-order valence-corrected chi connectivity index (χ4v) is 1.45. The Bertz CT molecular complexity index is 363. The summed E-state index contributed by atoms with van der Waals surface area (Å²) in [5.41, 5.74) is -2.00. The fourth-order valence-electron chi connectivity index (χ4n) is 1.45. The summed E-state index contributed by atoms with van der Waals surface area (Å²) in [6.07, 6.45) is 0.186. The van der Waals surface area contributed by atoms with Gasteiger partial charge in [-0.15, -0.1) is 0 Å². The standard InChI is InChI=1S/C11H15NO4/c1-10(2,3)16-9(14)11(6-12)5-7(11)8(13)15-4/h7H,5H2,1-4H3/t7-,11-/m0/s1. The van der Waals surface area contributed by atoms with E-state index >= 15 is 0 Å². The van der Waals surface area contributed by atoms with E-state index in [4.69, 9.17) is 10.00 Å². The number of nitriles is 1. The molecular formula is C11H15NO4. The van der Waals surface area contributed by atoms with Gasteiger partial charge in [-0.2, -0.15) is 5.26 Å². The first-order valence-electron chi connectivity index (χ1n) is 4.99. The number of rotatable bonds is 2. The van der Waals surface area contributed by atoms with Crippen molar-refractivity contribution in [2.75, 3.05) is 7.11 Å². The SMILES string of the molecule is COC(=O)[C@@H]1C[C@@]1(C#N)C(=O)OC(C)(C)C. The zero-order chi connectivity index (χ0) is 12.6. The van der Waals surface area contributed by atoms with Crippen molar-refractivity contribution in [3.63, 3.8) is 0 Å². The number of hydrogen-bond acceptors (Lipinski definition) is 5. The maximum Gasteiger partial charge on any atom is 0.327 e. The molecule has 0 bridgehead atoms. The maximum absolute atomic E-state index is 11.8. The van der Waals surface area contributed by atoms with Gasteiger partial charge in [-0.25, -0.2) is 0 Å². The molecule has 0 aromatic rings. The molecule has 0 aromatic heterocycles. The molecule has 0 radical (unpaired) electrons. The summed E-state index contributed by atoms with van der Waals surface area (Å²) in [5.74, 6) is -1.86. The Kier molecular flexibility index (Phi) is 2.95. The number of esters is 2. The molecule has 0 saturated heterocycles. The smallest absolute Gasteiger partial charge is 0.327 e. The Balaban J connectivity index is 2.76. The number of nitrogens with zero attached hydrogens (tertiary/aromatic N) is 1. The third kappa shape index (κ3) is 2.16. The van der Waals surface area contributed by atoms with Crippen molar-refractivity contribution in [3.05, 3.63) is 0 Å². The average molecular weight is 225 g/mol. The zero-order valence-corrected chi connectivity index (χ0v) is 9.86. The molecule has 0 unspecified atom stereocenters. The zero-order valence-electron chi connectivity index (χ0n) is 9.86. The summed E-state index contributed by atoms with van der Waals surface area (Å²) in [7, 11) is 1.23. The highest BCUT2D eigenvalue weighted by molar-refractivity contribution is 5.93. The number of methoxy groups -OCH3 is 1. The molecule has 0 N–H and O–H groups in total. The lowest BCUT2D eigenvalue weighted by Gasteiger charge is -2.21. The predicted molar refractivity (Wildman–Crippen MR) is 54.0 cm³/mol. The first kappa shape index (κ1) is 12.5. The van der Waals surface area contributed by atoms with Crippen LogP contribution in [0.2, 0.25) is 0 Å². The van der Waals surface area contributed by atoms with Crippen LogP contribution in [-0.4, -0.2) is 24.6 Å². The van der Waals surface area contributed by atoms with Gasteiger partial charge in [0.25, 0.3) is 0 Å². The molecule has 1 rings (SSSR count). The number of hydrogen-bond donors (Lipinski definition) is 0. The summed E-state index contributed by atoms with van der Waals surface area (Å²) >= 11 is 0. The second-order valence-corrected chi connectivity index (χ2v) is 4.86. The number of ether oxygens (including phenoxy) is 2. The van der Waals surface area contributed by atoms with Crippen LogP contribution in [0, 0.1) is 22.7 Å². The summed E-state index contributed by atoms with van der Waals surface area (Å²) in [5, 5.41) is 8.98. The monoisotopic (exact) mass is 225 g/mol. The Morgan fingerprint density at radius 3 is 2.38 bits per heavy atom. The lowest BCUT2D eigenvalue weighted by atomic mass is 10.1. The van der Waals surface area contributed by atoms with Crippen molar-refractivity contribution in [2.45, 2.75) is 32.8 Å². The Morgan fingerprint density at radius 1 is 1.44 bits per heavy atom. The van der Waals surface area contributed by atoms with Crippen molar-refractivity contribution in [2.24, 2.45) is 11.3 Å². The molecule has 1 aliphatic rings. The summed E-state index contributed by atoms with van der Waals surface area (Å²) in [6.45, 7) is 5.14. The van der Waals surface area contributed by atoms with Crippen molar-refractivity contribution < 1.29 is 19.1 Å². The van der Waals surface area contributed by atoms with E-state index in [9.17, 15) is 9.59 Å². The van der Waals surface area contributed by atoms with Crippen molar-refractivity contribution in [3.8, 4) is 6.07 Å². The molecule has 5 nitrogen and oxygen atoms in total. The number of carbonyl (C=O) groups is 2. The topological polar surface area (TPSA) is 76.4 Å². The second kappa shape index (κ2) is 3.78. The van der Waals surface area contributed by atoms with Gasteiger partial charge in [-0.1, -0.05) is 0 Å². The fraction of sp³-hybridized carbons (Fsp3) is 0.727. The lowest BCUT2D eigenvalue weighted by molar-refractivity contribution is -0.162. The van der Waals surface area contributed by atoms with Crippen LogP contribution in [-0.2, 0) is 19.1 Å². The summed E-state index contributed by atoms with van der Waals surface area (Å²) < 4.78 is 9.63. The minimum Gasteiger partial charge on any atom is -0.469 e. The molecular weight excluding hydrogens is 210 g/mol. The molecule has 0 aliphatic heterocycles. The normalized spacial score (nSPS) is 27.8. The van der Waals surface area contributed by atoms with Gasteiger partial charge >= 0.3 is 11.9 Å². The highest BCUT2D eigenvalue weighted by Gasteiger charge is 2.67. The van der Waals surface area contributed by atoms with Crippen LogP contribution in [0.1, 0.15) is 27.2 Å². The molecule has 5 heteroatoms. The van der Waals surface area contributed by atoms with E-state index in [1.54, 1.807) is 20.8 Å². The lowest BCUT2D eigenvalue weighted by Crippen LogP contribution is -2.31. The van der Waals surface area contributed by atoms with Crippen LogP contribution in [0.5, 0.6) is 0 Å². The Hall–Kier alpha value is -1.57.